The molecule has 0 radical (unpaired) electrons. The minimum atomic E-state index is -0.964. The number of halogens is 2. The van der Waals surface area contributed by atoms with Gasteiger partial charge < -0.3 is 9.84 Å². The molecule has 1 fully saturated rings. The van der Waals surface area contributed by atoms with Crippen molar-refractivity contribution in [1.29, 1.82) is 0 Å². The van der Waals surface area contributed by atoms with E-state index in [1.807, 2.05) is 30.3 Å². The number of carbonyl (C=O) groups excluding carboxylic acids is 2. The van der Waals surface area contributed by atoms with Gasteiger partial charge in [0.1, 0.15) is 17.3 Å². The van der Waals surface area contributed by atoms with E-state index >= 15 is 0 Å². The normalized spacial score (nSPS) is 17.2. The lowest BCUT2D eigenvalue weighted by Crippen LogP contribution is -2.29. The van der Waals surface area contributed by atoms with E-state index in [0.717, 1.165) is 16.8 Å². The van der Waals surface area contributed by atoms with E-state index in [0.29, 0.717) is 16.9 Å². The van der Waals surface area contributed by atoms with E-state index in [2.05, 4.69) is 0 Å². The predicted molar refractivity (Wildman–Crippen MR) is 133 cm³/mol. The second-order valence-corrected chi connectivity index (χ2v) is 8.51. The van der Waals surface area contributed by atoms with Gasteiger partial charge >= 0.3 is 0 Å². The molecular formula is C28H19ClFNO4. The lowest BCUT2D eigenvalue weighted by molar-refractivity contribution is -0.132. The molecule has 5 rings (SSSR count). The van der Waals surface area contributed by atoms with Crippen LogP contribution < -0.4 is 9.64 Å². The summed E-state index contributed by atoms with van der Waals surface area (Å²) in [5.41, 5.74) is 1.12. The zero-order chi connectivity index (χ0) is 24.7. The quantitative estimate of drug-likeness (QED) is 0.209. The number of fused-ring (bicyclic) bond motifs is 1. The van der Waals surface area contributed by atoms with Crippen LogP contribution in [0.1, 0.15) is 17.2 Å². The largest absolute Gasteiger partial charge is 0.507 e. The Hall–Kier alpha value is -4.16. The number of hydrogen-bond donors (Lipinski definition) is 1. The Kier molecular flexibility index (Phi) is 5.75. The van der Waals surface area contributed by atoms with Crippen molar-refractivity contribution in [2.75, 3.05) is 12.0 Å². The SMILES string of the molecule is COc1ccc(C2/C(=C(/O)c3ccc4ccccc4c3)C(=O)C(=O)N2c2ccc(F)c(Cl)c2)cc1. The second kappa shape index (κ2) is 8.89. The summed E-state index contributed by atoms with van der Waals surface area (Å²) < 4.78 is 19.1. The smallest absolute Gasteiger partial charge is 0.300 e. The molecule has 1 saturated heterocycles. The molecule has 0 aromatic heterocycles. The van der Waals surface area contributed by atoms with Gasteiger partial charge in [0.2, 0.25) is 0 Å². The zero-order valence-electron chi connectivity index (χ0n) is 18.5. The summed E-state index contributed by atoms with van der Waals surface area (Å²) in [6.45, 7) is 0. The second-order valence-electron chi connectivity index (χ2n) is 8.10. The van der Waals surface area contributed by atoms with Crippen LogP contribution in [-0.4, -0.2) is 23.9 Å². The Morgan fingerprint density at radius 2 is 1.66 bits per heavy atom. The van der Waals surface area contributed by atoms with Crippen molar-refractivity contribution in [3.8, 4) is 5.75 Å². The van der Waals surface area contributed by atoms with Gasteiger partial charge in [0, 0.05) is 11.3 Å². The van der Waals surface area contributed by atoms with Gasteiger partial charge in [-0.1, -0.05) is 60.1 Å². The lowest BCUT2D eigenvalue weighted by atomic mass is 9.94. The molecule has 1 atom stereocenters. The molecule has 5 nitrogen and oxygen atoms in total. The molecule has 0 spiro atoms. The molecule has 1 aliphatic heterocycles. The van der Waals surface area contributed by atoms with Crippen LogP contribution in [-0.2, 0) is 9.59 Å². The van der Waals surface area contributed by atoms with Crippen molar-refractivity contribution < 1.29 is 23.8 Å². The first-order chi connectivity index (χ1) is 16.9. The third kappa shape index (κ3) is 3.92. The van der Waals surface area contributed by atoms with Gasteiger partial charge in [-0.25, -0.2) is 4.39 Å². The number of nitrogens with zero attached hydrogens (tertiary/aromatic N) is 1. The molecule has 1 unspecified atom stereocenters. The van der Waals surface area contributed by atoms with Crippen molar-refractivity contribution >= 4 is 45.5 Å². The first-order valence-corrected chi connectivity index (χ1v) is 11.2. The van der Waals surface area contributed by atoms with Crippen molar-refractivity contribution in [2.24, 2.45) is 0 Å². The zero-order valence-corrected chi connectivity index (χ0v) is 19.3. The molecule has 7 heteroatoms. The summed E-state index contributed by atoms with van der Waals surface area (Å²) in [7, 11) is 1.53. The van der Waals surface area contributed by atoms with Crippen LogP contribution in [0.25, 0.3) is 16.5 Å². The van der Waals surface area contributed by atoms with Crippen LogP contribution in [0.3, 0.4) is 0 Å². The molecule has 174 valence electrons. The summed E-state index contributed by atoms with van der Waals surface area (Å²) in [6.07, 6.45) is 0. The third-order valence-corrected chi connectivity index (χ3v) is 6.37. The Morgan fingerprint density at radius 1 is 0.943 bits per heavy atom. The number of benzene rings is 4. The monoisotopic (exact) mass is 487 g/mol. The number of anilines is 1. The highest BCUT2D eigenvalue weighted by Crippen LogP contribution is 2.43. The van der Waals surface area contributed by atoms with Crippen LogP contribution in [0.5, 0.6) is 5.75 Å². The molecule has 35 heavy (non-hydrogen) atoms. The van der Waals surface area contributed by atoms with Crippen molar-refractivity contribution in [1.82, 2.24) is 0 Å². The van der Waals surface area contributed by atoms with Crippen molar-refractivity contribution in [2.45, 2.75) is 6.04 Å². The number of aliphatic hydroxyl groups is 1. The number of amides is 1. The van der Waals surface area contributed by atoms with Crippen molar-refractivity contribution in [3.05, 3.63) is 112 Å². The maximum Gasteiger partial charge on any atom is 0.300 e. The highest BCUT2D eigenvalue weighted by Gasteiger charge is 2.47. The van der Waals surface area contributed by atoms with E-state index in [1.54, 1.807) is 36.4 Å². The first-order valence-electron chi connectivity index (χ1n) is 10.8. The number of carbonyl (C=O) groups is 2. The number of ketones is 1. The lowest BCUT2D eigenvalue weighted by Gasteiger charge is -2.25. The summed E-state index contributed by atoms with van der Waals surface area (Å²) in [5.74, 6) is -2.06. The van der Waals surface area contributed by atoms with Gasteiger partial charge in [-0.2, -0.15) is 0 Å². The number of ether oxygens (including phenoxy) is 1. The fourth-order valence-corrected chi connectivity index (χ4v) is 4.50. The van der Waals surface area contributed by atoms with E-state index in [-0.39, 0.29) is 22.0 Å². The van der Waals surface area contributed by atoms with Gasteiger partial charge in [-0.3, -0.25) is 14.5 Å². The predicted octanol–water partition coefficient (Wildman–Crippen LogP) is 6.27. The van der Waals surface area contributed by atoms with Crippen LogP contribution in [0.15, 0.2) is 90.5 Å². The molecular weight excluding hydrogens is 469 g/mol. The fraction of sp³-hybridized carbons (Fsp3) is 0.0714. The maximum atomic E-state index is 13.9. The molecule has 0 aliphatic carbocycles. The van der Waals surface area contributed by atoms with Gasteiger partial charge in [0.25, 0.3) is 11.7 Å². The summed E-state index contributed by atoms with van der Waals surface area (Å²) in [6, 6.07) is 22.6. The number of methoxy groups -OCH3 is 1. The topological polar surface area (TPSA) is 66.8 Å². The minimum Gasteiger partial charge on any atom is -0.507 e. The highest BCUT2D eigenvalue weighted by atomic mass is 35.5. The third-order valence-electron chi connectivity index (χ3n) is 6.08. The summed E-state index contributed by atoms with van der Waals surface area (Å²) in [4.78, 5) is 27.7. The molecule has 4 aromatic carbocycles. The average Bonchev–Trinajstić information content (AvgIpc) is 3.15. The molecule has 1 amide bonds. The van der Waals surface area contributed by atoms with Crippen LogP contribution in [0.4, 0.5) is 10.1 Å². The first kappa shape index (κ1) is 22.6. The van der Waals surface area contributed by atoms with Gasteiger partial charge in [-0.05, 0) is 52.7 Å². The molecule has 1 N–H and O–H groups in total. The fourth-order valence-electron chi connectivity index (χ4n) is 4.33. The van der Waals surface area contributed by atoms with E-state index in [9.17, 15) is 19.1 Å². The molecule has 0 bridgehead atoms. The Balaban J connectivity index is 1.72. The van der Waals surface area contributed by atoms with Gasteiger partial charge in [0.05, 0.1) is 23.7 Å². The summed E-state index contributed by atoms with van der Waals surface area (Å²) in [5, 5.41) is 13.0. The van der Waals surface area contributed by atoms with Crippen molar-refractivity contribution in [3.63, 3.8) is 0 Å². The highest BCUT2D eigenvalue weighted by molar-refractivity contribution is 6.51. The maximum absolute atomic E-state index is 13.9. The minimum absolute atomic E-state index is 0.0732. The number of rotatable bonds is 4. The standard InChI is InChI=1S/C28H19ClFNO4/c1-35-21-11-8-17(9-12-21)25-24(26(32)19-7-6-16-4-2-3-5-18(16)14-19)27(33)28(34)31(25)20-10-13-23(30)22(29)15-20/h2-15,25,32H,1H3/b26-24-. The average molecular weight is 488 g/mol. The van der Waals surface area contributed by atoms with E-state index in [1.165, 1.54) is 24.1 Å². The Bertz CT molecular complexity index is 1510. The number of Topliss-reactive ketones (excluding diaryl/α,β-unsaturated/α-hetero) is 1. The Morgan fingerprint density at radius 3 is 2.34 bits per heavy atom. The Labute approximate surface area is 205 Å². The summed E-state index contributed by atoms with van der Waals surface area (Å²) >= 11 is 5.98. The van der Waals surface area contributed by atoms with E-state index in [4.69, 9.17) is 16.3 Å². The molecule has 1 aliphatic rings. The number of aliphatic hydroxyl groups excluding tert-OH is 1. The van der Waals surface area contributed by atoms with Crippen LogP contribution >= 0.6 is 11.6 Å². The van der Waals surface area contributed by atoms with Gasteiger partial charge in [-0.15, -0.1) is 0 Å². The van der Waals surface area contributed by atoms with Crippen LogP contribution in [0, 0.1) is 5.82 Å². The molecule has 4 aromatic rings. The molecule has 1 heterocycles. The van der Waals surface area contributed by atoms with Gasteiger partial charge in [0.15, 0.2) is 0 Å². The van der Waals surface area contributed by atoms with E-state index < -0.39 is 23.5 Å². The number of hydrogen-bond acceptors (Lipinski definition) is 4. The van der Waals surface area contributed by atoms with Crippen LogP contribution in [0.2, 0.25) is 5.02 Å². The molecule has 0 saturated carbocycles.